The predicted molar refractivity (Wildman–Crippen MR) is 86.7 cm³/mol. The summed E-state index contributed by atoms with van der Waals surface area (Å²) < 4.78 is 29.5. The lowest BCUT2D eigenvalue weighted by atomic mass is 10.1. The number of morpholine rings is 1. The molecule has 1 N–H and O–H groups in total. The number of rotatable bonds is 5. The summed E-state index contributed by atoms with van der Waals surface area (Å²) in [5.41, 5.74) is 0.369. The van der Waals surface area contributed by atoms with Crippen molar-refractivity contribution < 1.29 is 27.9 Å². The van der Waals surface area contributed by atoms with Crippen molar-refractivity contribution in [1.82, 2.24) is 4.90 Å². The normalized spacial score (nSPS) is 18.6. The first-order valence-corrected chi connectivity index (χ1v) is 9.23. The minimum Gasteiger partial charge on any atom is -0.481 e. The minimum absolute atomic E-state index is 0.157. The van der Waals surface area contributed by atoms with Crippen molar-refractivity contribution in [2.75, 3.05) is 19.7 Å². The molecule has 24 heavy (non-hydrogen) atoms. The van der Waals surface area contributed by atoms with Crippen molar-refractivity contribution in [2.24, 2.45) is 0 Å². The zero-order valence-corrected chi connectivity index (χ0v) is 14.5. The molecule has 1 aliphatic heterocycles. The van der Waals surface area contributed by atoms with E-state index in [9.17, 15) is 18.0 Å². The molecule has 1 unspecified atom stereocenters. The number of hydrogen-bond acceptors (Lipinski definition) is 5. The third kappa shape index (κ3) is 4.12. The van der Waals surface area contributed by atoms with E-state index in [1.165, 1.54) is 29.2 Å². The number of carbonyl (C=O) groups is 2. The first-order valence-electron chi connectivity index (χ1n) is 7.68. The smallest absolute Gasteiger partial charge is 0.306 e. The van der Waals surface area contributed by atoms with E-state index in [0.717, 1.165) is 0 Å². The van der Waals surface area contributed by atoms with E-state index in [1.54, 1.807) is 13.8 Å². The largest absolute Gasteiger partial charge is 0.481 e. The van der Waals surface area contributed by atoms with E-state index in [1.807, 2.05) is 0 Å². The van der Waals surface area contributed by atoms with Crippen molar-refractivity contribution in [3.63, 3.8) is 0 Å². The van der Waals surface area contributed by atoms with Gasteiger partial charge in [-0.1, -0.05) is 0 Å². The van der Waals surface area contributed by atoms with E-state index < -0.39 is 27.2 Å². The zero-order valence-electron chi connectivity index (χ0n) is 13.6. The average molecular weight is 355 g/mol. The van der Waals surface area contributed by atoms with Crippen LogP contribution in [0.15, 0.2) is 29.2 Å². The van der Waals surface area contributed by atoms with E-state index in [-0.39, 0.29) is 30.4 Å². The molecule has 2 rings (SSSR count). The summed E-state index contributed by atoms with van der Waals surface area (Å²) in [4.78, 5) is 25.0. The van der Waals surface area contributed by atoms with E-state index in [4.69, 9.17) is 9.84 Å². The number of carbonyl (C=O) groups excluding carboxylic acids is 1. The molecule has 1 fully saturated rings. The van der Waals surface area contributed by atoms with Crippen molar-refractivity contribution in [3.8, 4) is 0 Å². The van der Waals surface area contributed by atoms with Crippen LogP contribution in [0.3, 0.4) is 0 Å². The number of aliphatic carboxylic acids is 1. The highest BCUT2D eigenvalue weighted by molar-refractivity contribution is 7.92. The Morgan fingerprint density at radius 1 is 1.29 bits per heavy atom. The highest BCUT2D eigenvalue weighted by Crippen LogP contribution is 2.18. The first kappa shape index (κ1) is 18.4. The second-order valence-corrected chi connectivity index (χ2v) is 8.46. The fraction of sp³-hybridized carbons (Fsp3) is 0.500. The topological polar surface area (TPSA) is 101 Å². The third-order valence-corrected chi connectivity index (χ3v) is 6.05. The van der Waals surface area contributed by atoms with Gasteiger partial charge in [-0.25, -0.2) is 8.42 Å². The fourth-order valence-corrected chi connectivity index (χ4v) is 3.52. The highest BCUT2D eigenvalue weighted by atomic mass is 32.2. The lowest BCUT2D eigenvalue weighted by Gasteiger charge is -2.32. The maximum Gasteiger partial charge on any atom is 0.306 e. The molecule has 8 heteroatoms. The fourth-order valence-electron chi connectivity index (χ4n) is 2.46. The quantitative estimate of drug-likeness (QED) is 0.851. The third-order valence-electron chi connectivity index (χ3n) is 3.88. The Morgan fingerprint density at radius 3 is 2.46 bits per heavy atom. The van der Waals surface area contributed by atoms with Crippen molar-refractivity contribution in [1.29, 1.82) is 0 Å². The highest BCUT2D eigenvalue weighted by Gasteiger charge is 2.27. The number of sulfone groups is 1. The van der Waals surface area contributed by atoms with Gasteiger partial charge in [-0.3, -0.25) is 9.59 Å². The van der Waals surface area contributed by atoms with E-state index in [2.05, 4.69) is 0 Å². The molecule has 1 amide bonds. The molecule has 132 valence electrons. The molecule has 0 aromatic heterocycles. The van der Waals surface area contributed by atoms with Crippen LogP contribution in [-0.4, -0.2) is 61.4 Å². The standard InChI is InChI=1S/C16H21NO6S/c1-11(2)24(21,22)14-5-3-12(4-6-14)16(20)17-7-8-23-13(10-17)9-15(18)19/h3-6,11,13H,7-10H2,1-2H3,(H,18,19). The Morgan fingerprint density at radius 2 is 1.92 bits per heavy atom. The molecule has 1 aromatic carbocycles. The van der Waals surface area contributed by atoms with Crippen LogP contribution in [0, 0.1) is 0 Å². The molecule has 0 bridgehead atoms. The van der Waals surface area contributed by atoms with Crippen LogP contribution in [0.4, 0.5) is 0 Å². The Labute approximate surface area is 141 Å². The molecule has 1 aliphatic rings. The van der Waals surface area contributed by atoms with Gasteiger partial charge < -0.3 is 14.7 Å². The van der Waals surface area contributed by atoms with Gasteiger partial charge in [-0.2, -0.15) is 0 Å². The lowest BCUT2D eigenvalue weighted by molar-refractivity contribution is -0.141. The molecule has 1 saturated heterocycles. The molecule has 1 aromatic rings. The molecule has 0 aliphatic carbocycles. The van der Waals surface area contributed by atoms with Crippen LogP contribution in [0.25, 0.3) is 0 Å². The van der Waals surface area contributed by atoms with Crippen molar-refractivity contribution >= 4 is 21.7 Å². The number of ether oxygens (including phenoxy) is 1. The molecular formula is C16H21NO6S. The molecule has 7 nitrogen and oxygen atoms in total. The van der Waals surface area contributed by atoms with E-state index >= 15 is 0 Å². The van der Waals surface area contributed by atoms with Gasteiger partial charge in [0.25, 0.3) is 5.91 Å². The average Bonchev–Trinajstić information content (AvgIpc) is 2.53. The molecule has 0 saturated carbocycles. The van der Waals surface area contributed by atoms with Crippen LogP contribution in [0.2, 0.25) is 0 Å². The van der Waals surface area contributed by atoms with Gasteiger partial charge in [0.05, 0.1) is 29.3 Å². The summed E-state index contributed by atoms with van der Waals surface area (Å²) >= 11 is 0. The Hall–Kier alpha value is -1.93. The predicted octanol–water partition coefficient (Wildman–Crippen LogP) is 1.18. The zero-order chi connectivity index (χ0) is 17.9. The number of hydrogen-bond donors (Lipinski definition) is 1. The molecule has 0 spiro atoms. The monoisotopic (exact) mass is 355 g/mol. The van der Waals surface area contributed by atoms with Gasteiger partial charge in [0, 0.05) is 18.7 Å². The molecular weight excluding hydrogens is 334 g/mol. The maximum atomic E-state index is 12.5. The number of amides is 1. The molecule has 1 atom stereocenters. The Bertz CT molecular complexity index is 711. The summed E-state index contributed by atoms with van der Waals surface area (Å²) in [5.74, 6) is -1.24. The van der Waals surface area contributed by atoms with Gasteiger partial charge >= 0.3 is 5.97 Å². The summed E-state index contributed by atoms with van der Waals surface area (Å²) in [7, 11) is -3.38. The van der Waals surface area contributed by atoms with Gasteiger partial charge in [0.1, 0.15) is 0 Å². The van der Waals surface area contributed by atoms with Gasteiger partial charge in [0.15, 0.2) is 9.84 Å². The second kappa shape index (κ2) is 7.31. The van der Waals surface area contributed by atoms with Gasteiger partial charge in [-0.15, -0.1) is 0 Å². The van der Waals surface area contributed by atoms with E-state index in [0.29, 0.717) is 12.1 Å². The van der Waals surface area contributed by atoms with Crippen molar-refractivity contribution in [2.45, 2.75) is 36.5 Å². The van der Waals surface area contributed by atoms with Crippen LogP contribution in [0.5, 0.6) is 0 Å². The number of carboxylic acids is 1. The maximum absolute atomic E-state index is 12.5. The summed E-state index contributed by atoms with van der Waals surface area (Å²) in [5, 5.41) is 8.29. The minimum atomic E-state index is -3.38. The number of carboxylic acid groups (broad SMARTS) is 1. The number of nitrogens with zero attached hydrogens (tertiary/aromatic N) is 1. The Balaban J connectivity index is 2.11. The Kier molecular flexibility index (Phi) is 5.61. The van der Waals surface area contributed by atoms with Crippen molar-refractivity contribution in [3.05, 3.63) is 29.8 Å². The summed E-state index contributed by atoms with van der Waals surface area (Å²) in [6.07, 6.45) is -0.684. The lowest BCUT2D eigenvalue weighted by Crippen LogP contribution is -2.46. The van der Waals surface area contributed by atoms with Crippen LogP contribution < -0.4 is 0 Å². The van der Waals surface area contributed by atoms with Crippen LogP contribution >= 0.6 is 0 Å². The van der Waals surface area contributed by atoms with Crippen LogP contribution in [-0.2, 0) is 19.4 Å². The number of benzene rings is 1. The summed E-state index contributed by atoms with van der Waals surface area (Å²) in [6, 6.07) is 5.83. The van der Waals surface area contributed by atoms with Gasteiger partial charge in [0.2, 0.25) is 0 Å². The van der Waals surface area contributed by atoms with Crippen LogP contribution in [0.1, 0.15) is 30.6 Å². The molecule has 0 radical (unpaired) electrons. The molecule has 1 heterocycles. The SMILES string of the molecule is CC(C)S(=O)(=O)c1ccc(C(=O)N2CCOC(CC(=O)O)C2)cc1. The summed E-state index contributed by atoms with van der Waals surface area (Å²) in [6.45, 7) is 4.07. The van der Waals surface area contributed by atoms with Gasteiger partial charge in [-0.05, 0) is 38.1 Å². The second-order valence-electron chi connectivity index (χ2n) is 5.96. The first-order chi connectivity index (χ1) is 11.2.